The Morgan fingerprint density at radius 3 is 2.62 bits per heavy atom. The molecule has 1 saturated carbocycles. The summed E-state index contributed by atoms with van der Waals surface area (Å²) < 4.78 is 7.44. The Morgan fingerprint density at radius 1 is 1.24 bits per heavy atom. The monoisotopic (exact) mass is 433 g/mol. The molecule has 0 aliphatic heterocycles. The molecule has 29 heavy (non-hydrogen) atoms. The van der Waals surface area contributed by atoms with Crippen molar-refractivity contribution in [1.82, 2.24) is 14.6 Å². The lowest BCUT2D eigenvalue weighted by molar-refractivity contribution is 0.0773. The van der Waals surface area contributed by atoms with Gasteiger partial charge in [-0.1, -0.05) is 11.3 Å². The van der Waals surface area contributed by atoms with Gasteiger partial charge in [0.2, 0.25) is 4.96 Å². The van der Waals surface area contributed by atoms with Gasteiger partial charge in [0.15, 0.2) is 0 Å². The molecule has 2 heterocycles. The fourth-order valence-electron chi connectivity index (χ4n) is 3.69. The number of aromatic nitrogens is 3. The van der Waals surface area contributed by atoms with Crippen molar-refractivity contribution in [2.24, 2.45) is 0 Å². The Kier molecular flexibility index (Phi) is 5.63. The summed E-state index contributed by atoms with van der Waals surface area (Å²) >= 11 is 3.24. The number of methoxy groups -OCH3 is 1. The molecule has 2 N–H and O–H groups in total. The number of aryl methyl sites for hydroxylation is 1. The van der Waals surface area contributed by atoms with E-state index in [1.165, 1.54) is 11.3 Å². The molecule has 1 aromatic carbocycles. The zero-order chi connectivity index (χ0) is 20.8. The minimum atomic E-state index is -0.997. The molecule has 1 aliphatic rings. The van der Waals surface area contributed by atoms with Gasteiger partial charge in [0.25, 0.3) is 0 Å². The predicted octanol–water partition coefficient (Wildman–Crippen LogP) is 4.40. The smallest absolute Gasteiger partial charge is 0.213 e. The molecule has 156 valence electrons. The van der Waals surface area contributed by atoms with E-state index in [1.807, 2.05) is 35.3 Å². The summed E-state index contributed by atoms with van der Waals surface area (Å²) in [5.41, 5.74) is 1.88. The van der Waals surface area contributed by atoms with Gasteiger partial charge in [-0.25, -0.2) is 9.50 Å². The number of hydrogen-bond acceptors (Lipinski definition) is 7. The fraction of sp³-hybridized carbons (Fsp3) is 0.524. The average Bonchev–Trinajstić information content (AvgIpc) is 3.20. The van der Waals surface area contributed by atoms with Gasteiger partial charge >= 0.3 is 0 Å². The van der Waals surface area contributed by atoms with E-state index in [9.17, 15) is 10.2 Å². The van der Waals surface area contributed by atoms with E-state index >= 15 is 0 Å². The highest BCUT2D eigenvalue weighted by Crippen LogP contribution is 2.41. The van der Waals surface area contributed by atoms with Crippen LogP contribution >= 0.6 is 23.1 Å². The van der Waals surface area contributed by atoms with Gasteiger partial charge in [-0.15, -0.1) is 11.8 Å². The van der Waals surface area contributed by atoms with E-state index in [0.29, 0.717) is 10.3 Å². The van der Waals surface area contributed by atoms with Crippen LogP contribution in [0.5, 0.6) is 5.75 Å². The van der Waals surface area contributed by atoms with Crippen LogP contribution in [-0.4, -0.2) is 43.3 Å². The third-order valence-corrected chi connectivity index (χ3v) is 7.87. The summed E-state index contributed by atoms with van der Waals surface area (Å²) in [6.07, 6.45) is 3.59. The molecule has 3 aromatic rings. The third kappa shape index (κ3) is 4.17. The highest BCUT2D eigenvalue weighted by atomic mass is 32.2. The number of fused-ring (bicyclic) bond motifs is 1. The molecule has 0 spiro atoms. The molecular weight excluding hydrogens is 406 g/mol. The van der Waals surface area contributed by atoms with Crippen LogP contribution in [0.4, 0.5) is 0 Å². The van der Waals surface area contributed by atoms with Gasteiger partial charge in [-0.2, -0.15) is 5.10 Å². The summed E-state index contributed by atoms with van der Waals surface area (Å²) in [5, 5.41) is 25.9. The molecule has 1 fully saturated rings. The molecule has 6 nitrogen and oxygen atoms in total. The molecule has 0 saturated heterocycles. The maximum atomic E-state index is 10.3. The highest BCUT2D eigenvalue weighted by molar-refractivity contribution is 8.00. The van der Waals surface area contributed by atoms with Crippen LogP contribution in [0, 0.1) is 6.92 Å². The van der Waals surface area contributed by atoms with Crippen LogP contribution in [0.2, 0.25) is 0 Å². The third-order valence-electron chi connectivity index (χ3n) is 5.28. The van der Waals surface area contributed by atoms with E-state index in [0.717, 1.165) is 58.2 Å². The zero-order valence-electron chi connectivity index (χ0n) is 17.2. The van der Waals surface area contributed by atoms with Gasteiger partial charge in [0.1, 0.15) is 16.4 Å². The molecule has 0 amide bonds. The second-order valence-electron chi connectivity index (χ2n) is 8.12. The first-order chi connectivity index (χ1) is 13.8. The summed E-state index contributed by atoms with van der Waals surface area (Å²) in [6, 6.07) is 6.18. The first kappa shape index (κ1) is 20.7. The van der Waals surface area contributed by atoms with Crippen molar-refractivity contribution in [2.45, 2.75) is 68.3 Å². The molecule has 0 radical (unpaired) electrons. The van der Waals surface area contributed by atoms with Crippen LogP contribution in [0.3, 0.4) is 0 Å². The normalized spacial score (nSPS) is 20.3. The van der Waals surface area contributed by atoms with Crippen LogP contribution in [0.1, 0.15) is 50.2 Å². The van der Waals surface area contributed by atoms with Gasteiger partial charge in [-0.05, 0) is 64.7 Å². The molecule has 0 bridgehead atoms. The summed E-state index contributed by atoms with van der Waals surface area (Å²) in [4.78, 5) is 6.54. The number of imidazole rings is 1. The van der Waals surface area contributed by atoms with Crippen molar-refractivity contribution < 1.29 is 14.9 Å². The molecule has 1 aliphatic carbocycles. The maximum Gasteiger partial charge on any atom is 0.213 e. The van der Waals surface area contributed by atoms with Crippen molar-refractivity contribution in [1.29, 1.82) is 0 Å². The summed E-state index contributed by atoms with van der Waals surface area (Å²) in [7, 11) is 1.70. The Labute approximate surface area is 178 Å². The second kappa shape index (κ2) is 7.91. The van der Waals surface area contributed by atoms with Crippen molar-refractivity contribution in [3.05, 3.63) is 28.9 Å². The fourth-order valence-corrected chi connectivity index (χ4v) is 5.96. The number of benzene rings is 1. The van der Waals surface area contributed by atoms with Crippen LogP contribution in [0.15, 0.2) is 23.1 Å². The molecule has 0 atom stereocenters. The first-order valence-electron chi connectivity index (χ1n) is 9.88. The lowest BCUT2D eigenvalue weighted by atomic mass is 9.97. The Hall–Kier alpha value is -1.61. The van der Waals surface area contributed by atoms with E-state index in [1.54, 1.807) is 21.0 Å². The van der Waals surface area contributed by atoms with Gasteiger partial charge < -0.3 is 14.9 Å². The maximum absolute atomic E-state index is 10.3. The Bertz CT molecular complexity index is 1010. The predicted molar refractivity (Wildman–Crippen MR) is 117 cm³/mol. The second-order valence-corrected chi connectivity index (χ2v) is 10.4. The average molecular weight is 434 g/mol. The van der Waals surface area contributed by atoms with E-state index in [4.69, 9.17) is 4.74 Å². The number of ether oxygens (including phenoxy) is 1. The number of thioether (sulfide) groups is 1. The molecule has 4 rings (SSSR count). The highest BCUT2D eigenvalue weighted by Gasteiger charge is 2.25. The molecule has 2 aromatic heterocycles. The molecule has 8 heteroatoms. The lowest BCUT2D eigenvalue weighted by Crippen LogP contribution is -2.19. The van der Waals surface area contributed by atoms with E-state index in [-0.39, 0.29) is 6.10 Å². The number of aliphatic hydroxyl groups excluding tert-OH is 1. The summed E-state index contributed by atoms with van der Waals surface area (Å²) in [5.74, 6) is 0.860. The van der Waals surface area contributed by atoms with Gasteiger partial charge in [-0.3, -0.25) is 0 Å². The van der Waals surface area contributed by atoms with Crippen LogP contribution in [0.25, 0.3) is 16.2 Å². The number of aliphatic hydroxyl groups is 2. The van der Waals surface area contributed by atoms with Crippen molar-refractivity contribution in [3.63, 3.8) is 0 Å². The van der Waals surface area contributed by atoms with Crippen molar-refractivity contribution >= 4 is 28.1 Å². The first-order valence-corrected chi connectivity index (χ1v) is 11.6. The van der Waals surface area contributed by atoms with Crippen LogP contribution < -0.4 is 4.74 Å². The van der Waals surface area contributed by atoms with E-state index < -0.39 is 5.60 Å². The SMILES string of the molecule is COc1ccc(-c2c(C)nc3sc(C(C)(C)O)nn23)cc1SC1CCC(O)CC1. The number of nitrogens with zero attached hydrogens (tertiary/aromatic N) is 3. The lowest BCUT2D eigenvalue weighted by Gasteiger charge is -2.25. The summed E-state index contributed by atoms with van der Waals surface area (Å²) in [6.45, 7) is 5.46. The van der Waals surface area contributed by atoms with Gasteiger partial charge in [0.05, 0.1) is 29.5 Å². The quantitative estimate of drug-likeness (QED) is 0.621. The topological polar surface area (TPSA) is 79.9 Å². The zero-order valence-corrected chi connectivity index (χ0v) is 18.8. The Balaban J connectivity index is 1.71. The minimum absolute atomic E-state index is 0.155. The van der Waals surface area contributed by atoms with Gasteiger partial charge in [0, 0.05) is 10.8 Å². The molecular formula is C21H27N3O3S2. The number of rotatable bonds is 5. The van der Waals surface area contributed by atoms with Crippen molar-refractivity contribution in [2.75, 3.05) is 7.11 Å². The van der Waals surface area contributed by atoms with Crippen LogP contribution in [-0.2, 0) is 5.60 Å². The Morgan fingerprint density at radius 2 is 1.97 bits per heavy atom. The standard InChI is InChI=1S/C21H27N3O3S2/c1-12-18(24-20(22-12)29-19(23-24)21(2,3)26)13-5-10-16(27-4)17(11-13)28-15-8-6-14(25)7-9-15/h5,10-11,14-15,25-26H,6-9H2,1-4H3. The largest absolute Gasteiger partial charge is 0.496 e. The van der Waals surface area contributed by atoms with Crippen molar-refractivity contribution in [3.8, 4) is 17.0 Å². The van der Waals surface area contributed by atoms with E-state index in [2.05, 4.69) is 16.1 Å². The molecule has 0 unspecified atom stereocenters. The number of hydrogen-bond donors (Lipinski definition) is 2. The minimum Gasteiger partial charge on any atom is -0.496 e.